The fourth-order valence-electron chi connectivity index (χ4n) is 5.10. The van der Waals surface area contributed by atoms with Crippen molar-refractivity contribution in [3.8, 4) is 11.4 Å². The number of carbonyl (C=O) groups is 2. The van der Waals surface area contributed by atoms with Gasteiger partial charge in [-0.2, -0.15) is 4.98 Å². The fraction of sp³-hybridized carbons (Fsp3) is 0.565. The molecule has 170 valence electrons. The van der Waals surface area contributed by atoms with Gasteiger partial charge in [-0.1, -0.05) is 12.1 Å². The van der Waals surface area contributed by atoms with Crippen LogP contribution >= 0.6 is 0 Å². The molecule has 2 aliphatic heterocycles. The number of likely N-dealkylation sites (tertiary alicyclic amines) is 1. The molecule has 1 aromatic heterocycles. The number of amides is 3. The van der Waals surface area contributed by atoms with Crippen molar-refractivity contribution in [1.82, 2.24) is 25.3 Å². The largest absolute Gasteiger partial charge is 0.339 e. The molecule has 2 saturated heterocycles. The molecule has 1 N–H and O–H groups in total. The third kappa shape index (κ3) is 3.90. The third-order valence-corrected chi connectivity index (χ3v) is 7.11. The Morgan fingerprint density at radius 3 is 2.69 bits per heavy atom. The molecular formula is C23H28FN5O3. The Morgan fingerprint density at radius 1 is 1.19 bits per heavy atom. The standard InChI is InChI=1S/C23H28FN5O3/c1-15-8-10-23(11-9-15)21(30)29(22(31)26-23)14-28-12-2-3-17(13-28)20-25-19(27-32-20)16-4-6-18(24)7-5-16/h4-7,15,17H,2-3,8-14H2,1H3,(H,26,31). The number of piperidine rings is 1. The van der Waals surface area contributed by atoms with Crippen LogP contribution in [0.2, 0.25) is 0 Å². The lowest BCUT2D eigenvalue weighted by atomic mass is 9.77. The van der Waals surface area contributed by atoms with Crippen molar-refractivity contribution >= 4 is 11.9 Å². The van der Waals surface area contributed by atoms with Crippen LogP contribution in [-0.2, 0) is 4.79 Å². The van der Waals surface area contributed by atoms with Crippen LogP contribution in [0.3, 0.4) is 0 Å². The summed E-state index contributed by atoms with van der Waals surface area (Å²) in [6, 6.07) is 5.69. The summed E-state index contributed by atoms with van der Waals surface area (Å²) in [7, 11) is 0. The lowest BCUT2D eigenvalue weighted by Crippen LogP contribution is -2.50. The van der Waals surface area contributed by atoms with Gasteiger partial charge in [0.1, 0.15) is 11.4 Å². The van der Waals surface area contributed by atoms with Crippen LogP contribution in [-0.4, -0.2) is 57.2 Å². The minimum Gasteiger partial charge on any atom is -0.339 e. The van der Waals surface area contributed by atoms with E-state index in [0.717, 1.165) is 32.2 Å². The van der Waals surface area contributed by atoms with Crippen LogP contribution in [0.15, 0.2) is 28.8 Å². The van der Waals surface area contributed by atoms with Crippen molar-refractivity contribution in [3.63, 3.8) is 0 Å². The van der Waals surface area contributed by atoms with Crippen molar-refractivity contribution in [2.24, 2.45) is 5.92 Å². The summed E-state index contributed by atoms with van der Waals surface area (Å²) in [5, 5.41) is 7.04. The Labute approximate surface area is 186 Å². The van der Waals surface area contributed by atoms with E-state index in [1.807, 2.05) is 0 Å². The molecule has 1 unspecified atom stereocenters. The van der Waals surface area contributed by atoms with Crippen LogP contribution < -0.4 is 5.32 Å². The Morgan fingerprint density at radius 2 is 1.94 bits per heavy atom. The van der Waals surface area contributed by atoms with E-state index in [0.29, 0.717) is 42.6 Å². The molecule has 3 amide bonds. The van der Waals surface area contributed by atoms with Crippen molar-refractivity contribution < 1.29 is 18.5 Å². The molecule has 1 saturated carbocycles. The summed E-state index contributed by atoms with van der Waals surface area (Å²) in [6.07, 6.45) is 5.14. The average molecular weight is 442 g/mol. The summed E-state index contributed by atoms with van der Waals surface area (Å²) in [5.41, 5.74) is -0.0181. The van der Waals surface area contributed by atoms with E-state index >= 15 is 0 Å². The van der Waals surface area contributed by atoms with E-state index in [9.17, 15) is 14.0 Å². The first-order valence-corrected chi connectivity index (χ1v) is 11.4. The molecule has 0 radical (unpaired) electrons. The first kappa shape index (κ1) is 21.1. The minimum atomic E-state index is -0.713. The van der Waals surface area contributed by atoms with E-state index in [1.165, 1.54) is 17.0 Å². The Hall–Kier alpha value is -2.81. The van der Waals surface area contributed by atoms with Gasteiger partial charge in [0.25, 0.3) is 5.91 Å². The molecule has 1 aliphatic carbocycles. The van der Waals surface area contributed by atoms with Crippen LogP contribution in [0, 0.1) is 11.7 Å². The van der Waals surface area contributed by atoms with Gasteiger partial charge in [0.15, 0.2) is 0 Å². The Balaban J connectivity index is 1.24. The Kier molecular flexibility index (Phi) is 5.44. The first-order chi connectivity index (χ1) is 15.4. The summed E-state index contributed by atoms with van der Waals surface area (Å²) < 4.78 is 18.7. The highest BCUT2D eigenvalue weighted by Crippen LogP contribution is 2.37. The lowest BCUT2D eigenvalue weighted by Gasteiger charge is -2.35. The third-order valence-electron chi connectivity index (χ3n) is 7.11. The number of hydrogen-bond donors (Lipinski definition) is 1. The highest BCUT2D eigenvalue weighted by atomic mass is 19.1. The predicted molar refractivity (Wildman–Crippen MR) is 114 cm³/mol. The number of carbonyl (C=O) groups excluding carboxylic acids is 2. The quantitative estimate of drug-likeness (QED) is 0.730. The molecule has 2 aromatic rings. The van der Waals surface area contributed by atoms with Crippen LogP contribution in [0.5, 0.6) is 0 Å². The summed E-state index contributed by atoms with van der Waals surface area (Å²) in [4.78, 5) is 33.8. The zero-order valence-corrected chi connectivity index (χ0v) is 18.2. The first-order valence-electron chi connectivity index (χ1n) is 11.4. The minimum absolute atomic E-state index is 0.0238. The van der Waals surface area contributed by atoms with Crippen LogP contribution in [0.4, 0.5) is 9.18 Å². The molecule has 1 spiro atoms. The number of imide groups is 1. The zero-order chi connectivity index (χ0) is 22.3. The molecule has 3 fully saturated rings. The monoisotopic (exact) mass is 441 g/mol. The molecule has 8 nitrogen and oxygen atoms in total. The smallest absolute Gasteiger partial charge is 0.326 e. The van der Waals surface area contributed by atoms with Gasteiger partial charge in [-0.3, -0.25) is 9.69 Å². The van der Waals surface area contributed by atoms with Crippen LogP contribution in [0.1, 0.15) is 57.3 Å². The van der Waals surface area contributed by atoms with Gasteiger partial charge in [0, 0.05) is 12.1 Å². The van der Waals surface area contributed by atoms with Gasteiger partial charge in [-0.05, 0) is 75.3 Å². The summed E-state index contributed by atoms with van der Waals surface area (Å²) >= 11 is 0. The van der Waals surface area contributed by atoms with Crippen LogP contribution in [0.25, 0.3) is 11.4 Å². The van der Waals surface area contributed by atoms with E-state index < -0.39 is 5.54 Å². The topological polar surface area (TPSA) is 91.6 Å². The van der Waals surface area contributed by atoms with E-state index in [1.54, 1.807) is 12.1 Å². The van der Waals surface area contributed by atoms with Crippen molar-refractivity contribution in [1.29, 1.82) is 0 Å². The van der Waals surface area contributed by atoms with Gasteiger partial charge >= 0.3 is 6.03 Å². The SMILES string of the molecule is CC1CCC2(CC1)NC(=O)N(CN1CCCC(c3nc(-c4ccc(F)cc4)no3)C1)C2=O. The van der Waals surface area contributed by atoms with E-state index in [2.05, 4.69) is 27.3 Å². The zero-order valence-electron chi connectivity index (χ0n) is 18.2. The number of rotatable bonds is 4. The van der Waals surface area contributed by atoms with E-state index in [-0.39, 0.29) is 30.3 Å². The lowest BCUT2D eigenvalue weighted by molar-refractivity contribution is -0.134. The van der Waals surface area contributed by atoms with Crippen molar-refractivity contribution in [2.45, 2.75) is 56.9 Å². The predicted octanol–water partition coefficient (Wildman–Crippen LogP) is 3.51. The number of hydrogen-bond acceptors (Lipinski definition) is 6. The molecule has 3 heterocycles. The number of nitrogens with zero attached hydrogens (tertiary/aromatic N) is 4. The van der Waals surface area contributed by atoms with Gasteiger partial charge < -0.3 is 9.84 Å². The number of benzene rings is 1. The van der Waals surface area contributed by atoms with Gasteiger partial charge in [-0.25, -0.2) is 14.1 Å². The number of nitrogens with one attached hydrogen (secondary N) is 1. The second-order valence-corrected chi connectivity index (χ2v) is 9.45. The number of halogens is 1. The Bertz CT molecular complexity index is 999. The second kappa shape index (κ2) is 8.27. The molecule has 0 bridgehead atoms. The number of aromatic nitrogens is 2. The van der Waals surface area contributed by atoms with Gasteiger partial charge in [0.2, 0.25) is 11.7 Å². The second-order valence-electron chi connectivity index (χ2n) is 9.45. The molecule has 1 atom stereocenters. The average Bonchev–Trinajstić information content (AvgIpc) is 3.37. The van der Waals surface area contributed by atoms with Crippen molar-refractivity contribution in [2.75, 3.05) is 19.8 Å². The summed E-state index contributed by atoms with van der Waals surface area (Å²) in [5.74, 6) is 1.18. The van der Waals surface area contributed by atoms with Gasteiger partial charge in [0.05, 0.1) is 12.6 Å². The molecule has 5 rings (SSSR count). The molecular weight excluding hydrogens is 413 g/mol. The normalized spacial score (nSPS) is 29.0. The highest BCUT2D eigenvalue weighted by Gasteiger charge is 2.52. The molecule has 1 aromatic carbocycles. The van der Waals surface area contributed by atoms with Gasteiger partial charge in [-0.15, -0.1) is 0 Å². The maximum absolute atomic E-state index is 13.2. The van der Waals surface area contributed by atoms with Crippen molar-refractivity contribution in [3.05, 3.63) is 36.0 Å². The molecule has 32 heavy (non-hydrogen) atoms. The molecule has 3 aliphatic rings. The molecule has 9 heteroatoms. The maximum atomic E-state index is 13.2. The maximum Gasteiger partial charge on any atom is 0.326 e. The number of urea groups is 1. The summed E-state index contributed by atoms with van der Waals surface area (Å²) in [6.45, 7) is 3.90. The fourth-order valence-corrected chi connectivity index (χ4v) is 5.10. The highest BCUT2D eigenvalue weighted by molar-refractivity contribution is 6.07. The van der Waals surface area contributed by atoms with E-state index in [4.69, 9.17) is 4.52 Å².